The number of nitrogens with one attached hydrogen (secondary N) is 1. The van der Waals surface area contributed by atoms with E-state index in [0.29, 0.717) is 4.88 Å². The van der Waals surface area contributed by atoms with Gasteiger partial charge in [0.1, 0.15) is 14.9 Å². The number of amides is 1. The summed E-state index contributed by atoms with van der Waals surface area (Å²) in [6, 6.07) is 4.08. The number of hydrogen-bond acceptors (Lipinski definition) is 6. The fourth-order valence-corrected chi connectivity index (χ4v) is 3.99. The van der Waals surface area contributed by atoms with Crippen molar-refractivity contribution in [2.75, 3.05) is 7.05 Å². The van der Waals surface area contributed by atoms with Crippen LogP contribution < -0.4 is 5.32 Å². The summed E-state index contributed by atoms with van der Waals surface area (Å²) in [5, 5.41) is 8.46. The minimum absolute atomic E-state index is 0.110. The fraction of sp³-hybridized carbons (Fsp3) is 0.0714. The molecule has 0 atom stereocenters. The van der Waals surface area contributed by atoms with E-state index >= 15 is 0 Å². The molecule has 0 saturated carbocycles. The summed E-state index contributed by atoms with van der Waals surface area (Å²) in [6.45, 7) is 0. The van der Waals surface area contributed by atoms with Crippen molar-refractivity contribution >= 4 is 52.1 Å². The molecule has 0 aliphatic rings. The van der Waals surface area contributed by atoms with Crippen LogP contribution in [0.15, 0.2) is 29.1 Å². The molecule has 0 aromatic carbocycles. The Hall–Kier alpha value is -1.83. The van der Waals surface area contributed by atoms with Gasteiger partial charge in [-0.3, -0.25) is 4.79 Å². The lowest BCUT2D eigenvalue weighted by atomic mass is 10.4. The second-order valence-corrected chi connectivity index (χ2v) is 6.90. The largest absolute Gasteiger partial charge is 0.354 e. The molecule has 21 heavy (non-hydrogen) atoms. The van der Waals surface area contributed by atoms with E-state index in [-0.39, 0.29) is 5.91 Å². The van der Waals surface area contributed by atoms with Crippen LogP contribution in [0.25, 0.3) is 22.0 Å². The highest BCUT2D eigenvalue weighted by atomic mass is 32.1. The molecule has 7 heteroatoms. The lowest BCUT2D eigenvalue weighted by molar-refractivity contribution is 0.0967. The van der Waals surface area contributed by atoms with Gasteiger partial charge in [-0.2, -0.15) is 0 Å². The second kappa shape index (κ2) is 6.30. The van der Waals surface area contributed by atoms with Gasteiger partial charge in [-0.25, -0.2) is 9.97 Å². The van der Waals surface area contributed by atoms with Crippen molar-refractivity contribution in [3.05, 3.63) is 44.7 Å². The van der Waals surface area contributed by atoms with Gasteiger partial charge in [-0.05, 0) is 23.6 Å². The Labute approximate surface area is 133 Å². The van der Waals surface area contributed by atoms with Crippen LogP contribution in [0, 0.1) is 0 Å². The van der Waals surface area contributed by atoms with Gasteiger partial charge in [0.05, 0.1) is 16.8 Å². The highest BCUT2D eigenvalue weighted by Crippen LogP contribution is 2.28. The van der Waals surface area contributed by atoms with E-state index in [2.05, 4.69) is 21.4 Å². The summed E-state index contributed by atoms with van der Waals surface area (Å²) in [7, 11) is 1.61. The third kappa shape index (κ3) is 3.26. The Morgan fingerprint density at radius 2 is 2.24 bits per heavy atom. The number of carbonyl (C=O) groups excluding carboxylic acids is 1. The number of thiophene rings is 1. The van der Waals surface area contributed by atoms with Crippen LogP contribution in [0.3, 0.4) is 0 Å². The first-order valence-electron chi connectivity index (χ1n) is 6.11. The molecule has 0 radical (unpaired) electrons. The summed E-state index contributed by atoms with van der Waals surface area (Å²) in [5.41, 5.74) is 0.903. The topological polar surface area (TPSA) is 54.9 Å². The first-order chi connectivity index (χ1) is 10.3. The molecule has 3 rings (SSSR count). The molecule has 0 aliphatic carbocycles. The predicted octanol–water partition coefficient (Wildman–Crippen LogP) is 3.86. The van der Waals surface area contributed by atoms with Crippen molar-refractivity contribution in [1.82, 2.24) is 15.3 Å². The fourth-order valence-electron chi connectivity index (χ4n) is 1.63. The molecular formula is C14H11N3OS3. The van der Waals surface area contributed by atoms with Crippen LogP contribution in [0.2, 0.25) is 0 Å². The van der Waals surface area contributed by atoms with Gasteiger partial charge in [0.2, 0.25) is 0 Å². The molecule has 3 aromatic rings. The van der Waals surface area contributed by atoms with Crippen molar-refractivity contribution in [3.63, 3.8) is 0 Å². The summed E-state index contributed by atoms with van der Waals surface area (Å²) >= 11 is 4.66. The van der Waals surface area contributed by atoms with Gasteiger partial charge in [0, 0.05) is 12.4 Å². The molecule has 0 aliphatic heterocycles. The van der Waals surface area contributed by atoms with Crippen LogP contribution in [0.5, 0.6) is 0 Å². The Kier molecular flexibility index (Phi) is 4.23. The second-order valence-electron chi connectivity index (χ2n) is 4.03. The molecule has 0 saturated heterocycles. The summed E-state index contributed by atoms with van der Waals surface area (Å²) in [6.07, 6.45) is 5.38. The van der Waals surface area contributed by atoms with Crippen molar-refractivity contribution < 1.29 is 4.79 Å². The van der Waals surface area contributed by atoms with E-state index in [4.69, 9.17) is 0 Å². The van der Waals surface area contributed by atoms with E-state index in [0.717, 1.165) is 15.7 Å². The van der Waals surface area contributed by atoms with Gasteiger partial charge < -0.3 is 5.32 Å². The molecule has 0 fully saturated rings. The average Bonchev–Trinajstić information content (AvgIpc) is 3.23. The minimum atomic E-state index is -0.110. The quantitative estimate of drug-likeness (QED) is 0.789. The number of hydrogen-bond donors (Lipinski definition) is 1. The number of aromatic nitrogens is 2. The van der Waals surface area contributed by atoms with Crippen molar-refractivity contribution in [1.29, 1.82) is 0 Å². The van der Waals surface area contributed by atoms with Crippen molar-refractivity contribution in [3.8, 4) is 9.88 Å². The molecule has 3 aromatic heterocycles. The third-order valence-electron chi connectivity index (χ3n) is 2.63. The van der Waals surface area contributed by atoms with Crippen LogP contribution in [-0.4, -0.2) is 22.9 Å². The van der Waals surface area contributed by atoms with Gasteiger partial charge in [-0.15, -0.1) is 34.0 Å². The molecule has 1 N–H and O–H groups in total. The van der Waals surface area contributed by atoms with E-state index in [1.807, 2.05) is 29.0 Å². The molecular weight excluding hydrogens is 322 g/mol. The lowest BCUT2D eigenvalue weighted by Crippen LogP contribution is -2.16. The summed E-state index contributed by atoms with van der Waals surface area (Å²) in [4.78, 5) is 22.0. The first kappa shape index (κ1) is 14.1. The zero-order chi connectivity index (χ0) is 14.7. The number of carbonyl (C=O) groups is 1. The SMILES string of the molecule is CNC(=O)c1cnc(/C=C\c2csc(-c3cccs3)n2)s1. The Balaban J connectivity index is 1.74. The van der Waals surface area contributed by atoms with Gasteiger partial charge in [-0.1, -0.05) is 6.07 Å². The lowest BCUT2D eigenvalue weighted by Gasteiger charge is -1.90. The van der Waals surface area contributed by atoms with Gasteiger partial charge in [0.15, 0.2) is 0 Å². The van der Waals surface area contributed by atoms with Crippen LogP contribution in [0.4, 0.5) is 0 Å². The van der Waals surface area contributed by atoms with E-state index in [1.54, 1.807) is 35.9 Å². The number of thiazole rings is 2. The summed E-state index contributed by atoms with van der Waals surface area (Å²) < 4.78 is 0. The van der Waals surface area contributed by atoms with Crippen LogP contribution >= 0.6 is 34.0 Å². The van der Waals surface area contributed by atoms with Gasteiger partial charge in [0.25, 0.3) is 5.91 Å². The van der Waals surface area contributed by atoms with Gasteiger partial charge >= 0.3 is 0 Å². The highest BCUT2D eigenvalue weighted by molar-refractivity contribution is 7.20. The van der Waals surface area contributed by atoms with E-state index < -0.39 is 0 Å². The molecule has 3 heterocycles. The zero-order valence-corrected chi connectivity index (χ0v) is 13.5. The highest BCUT2D eigenvalue weighted by Gasteiger charge is 2.07. The van der Waals surface area contributed by atoms with E-state index in [1.165, 1.54) is 16.2 Å². The van der Waals surface area contributed by atoms with Crippen LogP contribution in [0.1, 0.15) is 20.4 Å². The maximum Gasteiger partial charge on any atom is 0.262 e. The first-order valence-corrected chi connectivity index (χ1v) is 8.69. The maximum absolute atomic E-state index is 11.5. The zero-order valence-electron chi connectivity index (χ0n) is 11.1. The average molecular weight is 333 g/mol. The molecule has 4 nitrogen and oxygen atoms in total. The van der Waals surface area contributed by atoms with E-state index in [9.17, 15) is 4.79 Å². The normalized spacial score (nSPS) is 11.1. The maximum atomic E-state index is 11.5. The van der Waals surface area contributed by atoms with Crippen molar-refractivity contribution in [2.24, 2.45) is 0 Å². The molecule has 1 amide bonds. The monoisotopic (exact) mass is 333 g/mol. The van der Waals surface area contributed by atoms with Crippen LogP contribution in [-0.2, 0) is 0 Å². The minimum Gasteiger partial charge on any atom is -0.354 e. The molecule has 0 unspecified atom stereocenters. The summed E-state index contributed by atoms with van der Waals surface area (Å²) in [5.74, 6) is -0.110. The number of nitrogens with zero attached hydrogens (tertiary/aromatic N) is 2. The molecule has 0 bridgehead atoms. The Morgan fingerprint density at radius 3 is 3.00 bits per heavy atom. The molecule has 0 spiro atoms. The Bertz CT molecular complexity index is 771. The third-order valence-corrected chi connectivity index (χ3v) is 5.49. The Morgan fingerprint density at radius 1 is 1.33 bits per heavy atom. The number of rotatable bonds is 4. The predicted molar refractivity (Wildman–Crippen MR) is 89.9 cm³/mol. The van der Waals surface area contributed by atoms with Crippen molar-refractivity contribution in [2.45, 2.75) is 0 Å². The standard InChI is InChI=1S/C14H11N3OS3/c1-15-13(18)11-7-16-12(21-11)5-4-9-8-20-14(17-9)10-3-2-6-19-10/h2-8H,1H3,(H,15,18)/b5-4-. The molecule has 106 valence electrons. The smallest absolute Gasteiger partial charge is 0.262 e.